The highest BCUT2D eigenvalue weighted by molar-refractivity contribution is 6.40. The molecule has 0 saturated carbocycles. The molecule has 1 aliphatic rings. The van der Waals surface area contributed by atoms with E-state index in [0.717, 1.165) is 16.8 Å². The molecule has 2 amide bonds. The monoisotopic (exact) mass is 317 g/mol. The second kappa shape index (κ2) is 7.87. The number of nitrogens with zero attached hydrogens (tertiary/aromatic N) is 2. The van der Waals surface area contributed by atoms with Gasteiger partial charge in [-0.3, -0.25) is 9.59 Å². The van der Waals surface area contributed by atoms with E-state index in [0.29, 0.717) is 31.9 Å². The molecule has 124 valence electrons. The van der Waals surface area contributed by atoms with Crippen LogP contribution in [0.4, 0.5) is 5.69 Å². The third-order valence-electron chi connectivity index (χ3n) is 3.62. The van der Waals surface area contributed by atoms with Gasteiger partial charge in [-0.15, -0.1) is 0 Å². The van der Waals surface area contributed by atoms with Crippen molar-refractivity contribution < 1.29 is 14.3 Å². The lowest BCUT2D eigenvalue weighted by atomic mass is 10.1. The molecule has 0 radical (unpaired) electrons. The van der Waals surface area contributed by atoms with Crippen LogP contribution in [0.25, 0.3) is 0 Å². The molecule has 0 aliphatic carbocycles. The Morgan fingerprint density at radius 1 is 1.35 bits per heavy atom. The van der Waals surface area contributed by atoms with E-state index in [4.69, 9.17) is 4.74 Å². The van der Waals surface area contributed by atoms with E-state index in [2.05, 4.69) is 10.4 Å². The van der Waals surface area contributed by atoms with Gasteiger partial charge < -0.3 is 10.1 Å². The third-order valence-corrected chi connectivity index (χ3v) is 3.62. The van der Waals surface area contributed by atoms with Crippen molar-refractivity contribution in [1.29, 1.82) is 0 Å². The minimum atomic E-state index is -0.243. The second-order valence-corrected chi connectivity index (χ2v) is 5.50. The standard InChI is InChI=1S/C17H23N3O3/c1-4-23-10-9-18-17(22)14-7-8-16(21)20(19-14)15-11-12(2)5-6-13(15)3/h5-6,11H,4,7-10H2,1-3H3,(H,18,22). The third kappa shape index (κ3) is 4.39. The zero-order chi connectivity index (χ0) is 16.8. The Bertz CT molecular complexity index is 626. The molecule has 1 heterocycles. The minimum absolute atomic E-state index is 0.0930. The lowest BCUT2D eigenvalue weighted by Crippen LogP contribution is -2.40. The quantitative estimate of drug-likeness (QED) is 0.815. The molecule has 1 N–H and O–H groups in total. The molecule has 0 bridgehead atoms. The number of aryl methyl sites for hydroxylation is 2. The van der Waals surface area contributed by atoms with Crippen molar-refractivity contribution in [2.24, 2.45) is 5.10 Å². The number of anilines is 1. The van der Waals surface area contributed by atoms with Gasteiger partial charge in [-0.1, -0.05) is 12.1 Å². The molecule has 1 aromatic carbocycles. The molecule has 0 aromatic heterocycles. The van der Waals surface area contributed by atoms with E-state index < -0.39 is 0 Å². The highest BCUT2D eigenvalue weighted by atomic mass is 16.5. The summed E-state index contributed by atoms with van der Waals surface area (Å²) in [6.07, 6.45) is 0.645. The first-order chi connectivity index (χ1) is 11.0. The molecular formula is C17H23N3O3. The summed E-state index contributed by atoms with van der Waals surface area (Å²) in [5, 5.41) is 8.40. The van der Waals surface area contributed by atoms with Crippen molar-refractivity contribution in [3.05, 3.63) is 29.3 Å². The van der Waals surface area contributed by atoms with Crippen LogP contribution >= 0.6 is 0 Å². The zero-order valence-corrected chi connectivity index (χ0v) is 13.9. The lowest BCUT2D eigenvalue weighted by Gasteiger charge is -2.24. The molecular weight excluding hydrogens is 294 g/mol. The molecule has 6 nitrogen and oxygen atoms in total. The molecule has 0 atom stereocenters. The van der Waals surface area contributed by atoms with Crippen LogP contribution in [-0.2, 0) is 14.3 Å². The van der Waals surface area contributed by atoms with E-state index >= 15 is 0 Å². The van der Waals surface area contributed by atoms with Gasteiger partial charge >= 0.3 is 0 Å². The van der Waals surface area contributed by atoms with E-state index in [9.17, 15) is 9.59 Å². The Kier molecular flexibility index (Phi) is 5.87. The van der Waals surface area contributed by atoms with Crippen molar-refractivity contribution in [3.8, 4) is 0 Å². The number of carbonyl (C=O) groups is 2. The number of hydrazone groups is 1. The first-order valence-electron chi connectivity index (χ1n) is 7.86. The van der Waals surface area contributed by atoms with Gasteiger partial charge in [0.1, 0.15) is 5.71 Å². The van der Waals surface area contributed by atoms with Crippen LogP contribution in [0, 0.1) is 13.8 Å². The predicted octanol–water partition coefficient (Wildman–Crippen LogP) is 1.94. The SMILES string of the molecule is CCOCCNC(=O)C1=NN(c2cc(C)ccc2C)C(=O)CC1. The molecule has 23 heavy (non-hydrogen) atoms. The van der Waals surface area contributed by atoms with Crippen molar-refractivity contribution in [2.45, 2.75) is 33.6 Å². The lowest BCUT2D eigenvalue weighted by molar-refractivity contribution is -0.119. The van der Waals surface area contributed by atoms with Gasteiger partial charge in [-0.05, 0) is 38.0 Å². The molecule has 6 heteroatoms. The van der Waals surface area contributed by atoms with E-state index in [1.807, 2.05) is 39.0 Å². The summed E-state index contributed by atoms with van der Waals surface area (Å²) in [5.41, 5.74) is 3.10. The van der Waals surface area contributed by atoms with Crippen molar-refractivity contribution >= 4 is 23.2 Å². The van der Waals surface area contributed by atoms with Crippen LogP contribution in [0.15, 0.2) is 23.3 Å². The van der Waals surface area contributed by atoms with E-state index in [1.54, 1.807) is 0 Å². The van der Waals surface area contributed by atoms with Crippen LogP contribution in [0.3, 0.4) is 0 Å². The Morgan fingerprint density at radius 3 is 2.87 bits per heavy atom. The van der Waals surface area contributed by atoms with Crippen LogP contribution in [0.1, 0.15) is 30.9 Å². The second-order valence-electron chi connectivity index (χ2n) is 5.50. The molecule has 1 aliphatic heterocycles. The summed E-state index contributed by atoms with van der Waals surface area (Å²) in [6, 6.07) is 5.84. The Labute approximate surface area is 136 Å². The van der Waals surface area contributed by atoms with Gasteiger partial charge in [0, 0.05) is 26.0 Å². The number of hydrogen-bond acceptors (Lipinski definition) is 4. The number of amides is 2. The largest absolute Gasteiger partial charge is 0.380 e. The van der Waals surface area contributed by atoms with Gasteiger partial charge in [0.15, 0.2) is 0 Å². The summed E-state index contributed by atoms with van der Waals surface area (Å²) in [7, 11) is 0. The van der Waals surface area contributed by atoms with Gasteiger partial charge in [0.25, 0.3) is 5.91 Å². The molecule has 0 fully saturated rings. The number of carbonyl (C=O) groups excluding carboxylic acids is 2. The number of ether oxygens (including phenoxy) is 1. The van der Waals surface area contributed by atoms with Gasteiger partial charge in [-0.2, -0.15) is 5.10 Å². The maximum absolute atomic E-state index is 12.2. The van der Waals surface area contributed by atoms with E-state index in [-0.39, 0.29) is 18.2 Å². The first kappa shape index (κ1) is 17.1. The number of hydrogen-bond donors (Lipinski definition) is 1. The maximum Gasteiger partial charge on any atom is 0.267 e. The number of benzene rings is 1. The first-order valence-corrected chi connectivity index (χ1v) is 7.86. The summed E-state index contributed by atoms with van der Waals surface area (Å²) in [4.78, 5) is 24.4. The highest BCUT2D eigenvalue weighted by Gasteiger charge is 2.26. The number of rotatable bonds is 6. The zero-order valence-electron chi connectivity index (χ0n) is 13.9. The Hall–Kier alpha value is -2.21. The van der Waals surface area contributed by atoms with Crippen molar-refractivity contribution in [2.75, 3.05) is 24.8 Å². The fourth-order valence-electron chi connectivity index (χ4n) is 2.34. The molecule has 0 spiro atoms. The predicted molar refractivity (Wildman–Crippen MR) is 89.6 cm³/mol. The molecule has 1 aromatic rings. The Morgan fingerprint density at radius 2 is 2.13 bits per heavy atom. The van der Waals surface area contributed by atoms with Crippen molar-refractivity contribution in [1.82, 2.24) is 5.32 Å². The topological polar surface area (TPSA) is 71.0 Å². The molecule has 0 unspecified atom stereocenters. The fraction of sp³-hybridized carbons (Fsp3) is 0.471. The molecule has 0 saturated heterocycles. The fourth-order valence-corrected chi connectivity index (χ4v) is 2.34. The van der Waals surface area contributed by atoms with Crippen LogP contribution in [-0.4, -0.2) is 37.3 Å². The maximum atomic E-state index is 12.2. The van der Waals surface area contributed by atoms with Crippen LogP contribution in [0.5, 0.6) is 0 Å². The average Bonchev–Trinajstić information content (AvgIpc) is 2.54. The summed E-state index contributed by atoms with van der Waals surface area (Å²) in [6.45, 7) is 7.31. The summed E-state index contributed by atoms with van der Waals surface area (Å²) >= 11 is 0. The van der Waals surface area contributed by atoms with Gasteiger partial charge in [-0.25, -0.2) is 5.01 Å². The van der Waals surface area contributed by atoms with Gasteiger partial charge in [0.2, 0.25) is 5.91 Å². The summed E-state index contributed by atoms with van der Waals surface area (Å²) < 4.78 is 5.19. The summed E-state index contributed by atoms with van der Waals surface area (Å²) in [5.74, 6) is -0.336. The average molecular weight is 317 g/mol. The Balaban J connectivity index is 2.14. The highest BCUT2D eigenvalue weighted by Crippen LogP contribution is 2.25. The minimum Gasteiger partial charge on any atom is -0.380 e. The van der Waals surface area contributed by atoms with Crippen LogP contribution in [0.2, 0.25) is 0 Å². The smallest absolute Gasteiger partial charge is 0.267 e. The van der Waals surface area contributed by atoms with Crippen LogP contribution < -0.4 is 10.3 Å². The van der Waals surface area contributed by atoms with Crippen molar-refractivity contribution in [3.63, 3.8) is 0 Å². The molecule has 2 rings (SSSR count). The normalized spacial score (nSPS) is 14.7. The number of nitrogens with one attached hydrogen (secondary N) is 1. The van der Waals surface area contributed by atoms with E-state index in [1.165, 1.54) is 5.01 Å². The van der Waals surface area contributed by atoms with Gasteiger partial charge in [0.05, 0.1) is 12.3 Å².